The predicted molar refractivity (Wildman–Crippen MR) is 162 cm³/mol. The minimum atomic E-state index is -0.797. The molecule has 0 unspecified atom stereocenters. The van der Waals surface area contributed by atoms with E-state index in [0.29, 0.717) is 41.2 Å². The van der Waals surface area contributed by atoms with Gasteiger partial charge in [0.15, 0.2) is 0 Å². The highest BCUT2D eigenvalue weighted by atomic mass is 19.1. The fourth-order valence-corrected chi connectivity index (χ4v) is 4.69. The Morgan fingerprint density at radius 2 is 1.79 bits per heavy atom. The Labute approximate surface area is 251 Å². The molecule has 1 aromatic carbocycles. The van der Waals surface area contributed by atoms with Crippen molar-refractivity contribution in [2.45, 2.75) is 60.5 Å². The minimum absolute atomic E-state index is 0.0167. The number of alkyl carbamates (subject to hydrolysis) is 1. The summed E-state index contributed by atoms with van der Waals surface area (Å²) in [4.78, 5) is 57.8. The van der Waals surface area contributed by atoms with Gasteiger partial charge in [-0.2, -0.15) is 0 Å². The van der Waals surface area contributed by atoms with Gasteiger partial charge >= 0.3 is 12.2 Å². The van der Waals surface area contributed by atoms with E-state index in [1.165, 1.54) is 18.2 Å². The van der Waals surface area contributed by atoms with Crippen molar-refractivity contribution in [2.75, 3.05) is 44.6 Å². The van der Waals surface area contributed by atoms with Crippen molar-refractivity contribution < 1.29 is 33.0 Å². The van der Waals surface area contributed by atoms with Crippen LogP contribution >= 0.6 is 0 Å². The number of carbonyl (C=O) groups is 4. The fourth-order valence-electron chi connectivity index (χ4n) is 4.69. The van der Waals surface area contributed by atoms with Gasteiger partial charge in [0.25, 0.3) is 11.8 Å². The van der Waals surface area contributed by atoms with E-state index in [1.54, 1.807) is 40.7 Å². The summed E-state index contributed by atoms with van der Waals surface area (Å²) in [6, 6.07) is 4.05. The molecule has 11 nitrogen and oxygen atoms in total. The first-order valence-corrected chi connectivity index (χ1v) is 14.5. The van der Waals surface area contributed by atoms with E-state index in [-0.39, 0.29) is 36.7 Å². The standard InChI is InChI=1S/C31H42FN5O6/c1-8-36(9-2)14-15-37(30(41)42-16-10-13-33-29(40)43-31(5,6)7)28(39)26-19(3)25(34-20(26)4)18-23-22-17-21(32)11-12-24(22)35-27(23)38/h11-12,17-18,34H,8-10,13-16H2,1-7H3,(H,33,40)(H,35,38). The molecule has 12 heteroatoms. The minimum Gasteiger partial charge on any atom is -0.449 e. The number of aryl methyl sites for hydroxylation is 1. The molecule has 234 valence electrons. The van der Waals surface area contributed by atoms with E-state index in [9.17, 15) is 23.6 Å². The first kappa shape index (κ1) is 33.3. The molecule has 43 heavy (non-hydrogen) atoms. The third kappa shape index (κ3) is 8.66. The first-order chi connectivity index (χ1) is 20.2. The van der Waals surface area contributed by atoms with Crippen LogP contribution in [0.5, 0.6) is 0 Å². The van der Waals surface area contributed by atoms with Crippen LogP contribution in [0.2, 0.25) is 0 Å². The monoisotopic (exact) mass is 599 g/mol. The molecule has 0 saturated heterocycles. The molecule has 0 aliphatic carbocycles. The van der Waals surface area contributed by atoms with Crippen LogP contribution in [-0.2, 0) is 14.3 Å². The van der Waals surface area contributed by atoms with Gasteiger partial charge in [0.1, 0.15) is 11.4 Å². The Kier molecular flexibility index (Phi) is 11.1. The largest absolute Gasteiger partial charge is 0.449 e. The Morgan fingerprint density at radius 3 is 2.44 bits per heavy atom. The van der Waals surface area contributed by atoms with Crippen LogP contribution in [0.1, 0.15) is 73.9 Å². The maximum Gasteiger partial charge on any atom is 0.416 e. The zero-order valence-electron chi connectivity index (χ0n) is 26.0. The first-order valence-electron chi connectivity index (χ1n) is 14.5. The summed E-state index contributed by atoms with van der Waals surface area (Å²) in [6.45, 7) is 15.0. The van der Waals surface area contributed by atoms with Gasteiger partial charge in [-0.3, -0.25) is 9.59 Å². The van der Waals surface area contributed by atoms with Crippen molar-refractivity contribution in [3.8, 4) is 0 Å². The molecule has 1 aliphatic heterocycles. The number of hydrogen-bond acceptors (Lipinski definition) is 7. The second kappa shape index (κ2) is 14.3. The van der Waals surface area contributed by atoms with Gasteiger partial charge in [-0.25, -0.2) is 18.9 Å². The van der Waals surface area contributed by atoms with Gasteiger partial charge in [-0.15, -0.1) is 0 Å². The van der Waals surface area contributed by atoms with E-state index < -0.39 is 29.5 Å². The van der Waals surface area contributed by atoms with Gasteiger partial charge in [-0.1, -0.05) is 13.8 Å². The number of aromatic amines is 1. The van der Waals surface area contributed by atoms with E-state index in [1.807, 2.05) is 13.8 Å². The topological polar surface area (TPSA) is 133 Å². The van der Waals surface area contributed by atoms with E-state index in [2.05, 4.69) is 20.5 Å². The highest BCUT2D eigenvalue weighted by Gasteiger charge is 2.30. The molecule has 0 radical (unpaired) electrons. The molecule has 2 heterocycles. The number of anilines is 1. The molecule has 0 bridgehead atoms. The molecule has 4 amide bonds. The van der Waals surface area contributed by atoms with Crippen molar-refractivity contribution in [3.05, 3.63) is 52.1 Å². The van der Waals surface area contributed by atoms with Gasteiger partial charge < -0.3 is 30.0 Å². The predicted octanol–water partition coefficient (Wildman–Crippen LogP) is 5.10. The molecule has 0 saturated carbocycles. The second-order valence-electron chi connectivity index (χ2n) is 11.2. The highest BCUT2D eigenvalue weighted by Crippen LogP contribution is 2.34. The molecule has 1 aromatic heterocycles. The second-order valence-corrected chi connectivity index (χ2v) is 11.2. The van der Waals surface area contributed by atoms with Crippen molar-refractivity contribution in [1.29, 1.82) is 0 Å². The third-order valence-corrected chi connectivity index (χ3v) is 6.96. The maximum absolute atomic E-state index is 13.9. The number of H-pyrrole nitrogens is 1. The number of benzene rings is 1. The van der Waals surface area contributed by atoms with Crippen molar-refractivity contribution >= 4 is 41.3 Å². The smallest absolute Gasteiger partial charge is 0.416 e. The molecule has 1 aliphatic rings. The number of ether oxygens (including phenoxy) is 2. The van der Waals surface area contributed by atoms with Crippen LogP contribution in [0.25, 0.3) is 11.6 Å². The molecule has 2 aromatic rings. The van der Waals surface area contributed by atoms with Crippen LogP contribution in [0.15, 0.2) is 18.2 Å². The van der Waals surface area contributed by atoms with Crippen LogP contribution in [-0.4, -0.2) is 83.7 Å². The fraction of sp³-hybridized carbons (Fsp3) is 0.484. The molecular weight excluding hydrogens is 557 g/mol. The summed E-state index contributed by atoms with van der Waals surface area (Å²) in [6.07, 6.45) is 0.542. The molecule has 3 N–H and O–H groups in total. The number of halogens is 1. The summed E-state index contributed by atoms with van der Waals surface area (Å²) < 4.78 is 24.6. The number of imide groups is 1. The summed E-state index contributed by atoms with van der Waals surface area (Å²) in [7, 11) is 0. The molecule has 3 rings (SSSR count). The normalized spacial score (nSPS) is 13.6. The average molecular weight is 600 g/mol. The Balaban J connectivity index is 1.78. The lowest BCUT2D eigenvalue weighted by molar-refractivity contribution is -0.110. The number of fused-ring (bicyclic) bond motifs is 1. The third-order valence-electron chi connectivity index (χ3n) is 6.96. The number of nitrogens with zero attached hydrogens (tertiary/aromatic N) is 2. The molecular formula is C31H42FN5O6. The van der Waals surface area contributed by atoms with Crippen molar-refractivity contribution in [1.82, 2.24) is 20.1 Å². The van der Waals surface area contributed by atoms with Gasteiger partial charge in [0.05, 0.1) is 17.7 Å². The number of likely N-dealkylation sites (N-methyl/N-ethyl adjacent to an activating group) is 1. The Morgan fingerprint density at radius 1 is 1.09 bits per heavy atom. The number of hydrogen-bond donors (Lipinski definition) is 3. The average Bonchev–Trinajstić information content (AvgIpc) is 3.38. The van der Waals surface area contributed by atoms with E-state index in [4.69, 9.17) is 9.47 Å². The number of nitrogens with one attached hydrogen (secondary N) is 3. The number of aromatic nitrogens is 1. The summed E-state index contributed by atoms with van der Waals surface area (Å²) in [5.41, 5.74) is 2.39. The number of rotatable bonds is 11. The van der Waals surface area contributed by atoms with Crippen LogP contribution < -0.4 is 10.6 Å². The molecule has 0 fully saturated rings. The summed E-state index contributed by atoms with van der Waals surface area (Å²) in [5, 5.41) is 5.32. The lowest BCUT2D eigenvalue weighted by atomic mass is 10.0. The van der Waals surface area contributed by atoms with Crippen LogP contribution in [0, 0.1) is 19.7 Å². The number of amides is 4. The molecule has 0 spiro atoms. The number of carbonyl (C=O) groups excluding carboxylic acids is 4. The summed E-state index contributed by atoms with van der Waals surface area (Å²) in [5.74, 6) is -1.40. The van der Waals surface area contributed by atoms with Gasteiger partial charge in [-0.05, 0) is 84.0 Å². The molecule has 0 atom stereocenters. The zero-order valence-corrected chi connectivity index (χ0v) is 26.0. The SMILES string of the molecule is CCN(CC)CCN(C(=O)OCCCNC(=O)OC(C)(C)C)C(=O)c1c(C)[nH]c(C=C2C(=O)Nc3ccc(F)cc32)c1C. The lowest BCUT2D eigenvalue weighted by Crippen LogP contribution is -2.43. The van der Waals surface area contributed by atoms with Gasteiger partial charge in [0.2, 0.25) is 0 Å². The van der Waals surface area contributed by atoms with Crippen molar-refractivity contribution in [3.63, 3.8) is 0 Å². The highest BCUT2D eigenvalue weighted by molar-refractivity contribution is 6.35. The lowest BCUT2D eigenvalue weighted by Gasteiger charge is -2.25. The Hall–Kier alpha value is -4.19. The van der Waals surface area contributed by atoms with Crippen LogP contribution in [0.4, 0.5) is 19.7 Å². The van der Waals surface area contributed by atoms with E-state index >= 15 is 0 Å². The maximum atomic E-state index is 13.9. The quantitative estimate of drug-likeness (QED) is 0.242. The van der Waals surface area contributed by atoms with Crippen LogP contribution in [0.3, 0.4) is 0 Å². The summed E-state index contributed by atoms with van der Waals surface area (Å²) >= 11 is 0. The van der Waals surface area contributed by atoms with E-state index in [0.717, 1.165) is 18.0 Å². The zero-order chi connectivity index (χ0) is 31.9. The van der Waals surface area contributed by atoms with Gasteiger partial charge in [0, 0.05) is 42.3 Å². The Bertz CT molecular complexity index is 1390. The van der Waals surface area contributed by atoms with Crippen molar-refractivity contribution in [2.24, 2.45) is 0 Å².